The number of aromatic amines is 1. The van der Waals surface area contributed by atoms with Gasteiger partial charge in [0.05, 0.1) is 0 Å². The number of anilines is 1. The number of aromatic nitrogens is 1. The van der Waals surface area contributed by atoms with Crippen molar-refractivity contribution < 1.29 is 4.79 Å². The second-order valence-corrected chi connectivity index (χ2v) is 6.12. The lowest BCUT2D eigenvalue weighted by atomic mass is 9.87. The third-order valence-electron chi connectivity index (χ3n) is 4.49. The van der Waals surface area contributed by atoms with E-state index in [1.165, 1.54) is 0 Å². The Morgan fingerprint density at radius 2 is 1.83 bits per heavy atom. The lowest BCUT2D eigenvalue weighted by molar-refractivity contribution is 0.0949. The number of carbonyl (C=O) groups is 1. The number of ketones is 1. The van der Waals surface area contributed by atoms with Crippen molar-refractivity contribution in [1.82, 2.24) is 4.98 Å². The predicted molar refractivity (Wildman–Crippen MR) is 89.5 cm³/mol. The van der Waals surface area contributed by atoms with Gasteiger partial charge in [-0.2, -0.15) is 5.26 Å². The fourth-order valence-electron chi connectivity index (χ4n) is 3.30. The number of nitrogens with one attached hydrogen (secondary N) is 2. The summed E-state index contributed by atoms with van der Waals surface area (Å²) in [4.78, 5) is 16.2. The molecule has 0 fully saturated rings. The Labute approximate surface area is 133 Å². The Morgan fingerprint density at radius 3 is 2.61 bits per heavy atom. The van der Waals surface area contributed by atoms with Crippen molar-refractivity contribution in [2.45, 2.75) is 19.4 Å². The third kappa shape index (κ3) is 1.74. The van der Waals surface area contributed by atoms with Gasteiger partial charge < -0.3 is 10.3 Å². The second kappa shape index (κ2) is 4.47. The highest BCUT2D eigenvalue weighted by molar-refractivity contribution is 6.17. The minimum atomic E-state index is -1.37. The smallest absolute Gasteiger partial charge is 0.216 e. The van der Waals surface area contributed by atoms with Gasteiger partial charge in [-0.1, -0.05) is 18.2 Å². The number of rotatable bonds is 1. The molecule has 4 heteroatoms. The Morgan fingerprint density at radius 1 is 1.09 bits per heavy atom. The number of nitrogens with zero attached hydrogens (tertiary/aromatic N) is 1. The Kier molecular flexibility index (Phi) is 2.64. The van der Waals surface area contributed by atoms with Crippen LogP contribution < -0.4 is 5.32 Å². The number of carbonyl (C=O) groups excluding carboxylic acids is 1. The van der Waals surface area contributed by atoms with E-state index in [4.69, 9.17) is 0 Å². The van der Waals surface area contributed by atoms with Crippen molar-refractivity contribution in [1.29, 1.82) is 5.26 Å². The van der Waals surface area contributed by atoms with Crippen LogP contribution in [0.4, 0.5) is 5.69 Å². The minimum Gasteiger partial charge on any atom is -0.361 e. The predicted octanol–water partition coefficient (Wildman–Crippen LogP) is 3.81. The van der Waals surface area contributed by atoms with Crippen molar-refractivity contribution in [3.63, 3.8) is 0 Å². The van der Waals surface area contributed by atoms with Gasteiger partial charge in [-0.05, 0) is 43.2 Å². The van der Waals surface area contributed by atoms with Crippen molar-refractivity contribution in [3.05, 3.63) is 64.8 Å². The summed E-state index contributed by atoms with van der Waals surface area (Å²) in [5, 5.41) is 13.9. The average molecular weight is 301 g/mol. The van der Waals surface area contributed by atoms with E-state index in [0.29, 0.717) is 11.1 Å². The Balaban J connectivity index is 1.95. The normalized spacial score (nSPS) is 19.4. The number of hydrogen-bond acceptors (Lipinski definition) is 3. The molecule has 0 saturated heterocycles. The minimum absolute atomic E-state index is 0.198. The second-order valence-electron chi connectivity index (χ2n) is 6.12. The molecule has 112 valence electrons. The van der Waals surface area contributed by atoms with Crippen LogP contribution in [-0.4, -0.2) is 10.8 Å². The van der Waals surface area contributed by atoms with E-state index >= 15 is 0 Å². The monoisotopic (exact) mass is 301 g/mol. The molecule has 2 heterocycles. The molecule has 0 radical (unpaired) electrons. The first kappa shape index (κ1) is 13.6. The summed E-state index contributed by atoms with van der Waals surface area (Å²) in [7, 11) is 0. The molecule has 0 bridgehead atoms. The molecular formula is C19H15N3O. The number of benzene rings is 2. The maximum absolute atomic E-state index is 13.0. The van der Waals surface area contributed by atoms with E-state index < -0.39 is 5.54 Å². The molecule has 0 saturated carbocycles. The molecule has 4 rings (SSSR count). The molecule has 1 atom stereocenters. The van der Waals surface area contributed by atoms with Crippen LogP contribution in [0.5, 0.6) is 0 Å². The fraction of sp³-hybridized carbons (Fsp3) is 0.158. The molecule has 1 aliphatic rings. The van der Waals surface area contributed by atoms with Crippen molar-refractivity contribution in [2.75, 3.05) is 5.32 Å². The first-order chi connectivity index (χ1) is 11.0. The van der Waals surface area contributed by atoms with Gasteiger partial charge in [0.2, 0.25) is 11.3 Å². The Bertz CT molecular complexity index is 1010. The van der Waals surface area contributed by atoms with Crippen molar-refractivity contribution in [2.24, 2.45) is 0 Å². The quantitative estimate of drug-likeness (QED) is 0.718. The molecule has 0 amide bonds. The fourth-order valence-corrected chi connectivity index (χ4v) is 3.30. The SMILES string of the molecule is Cc1ccc2c(c1)NC(C#N)(c1c[nH]c3cc(C)ccc13)C2=O. The lowest BCUT2D eigenvalue weighted by Gasteiger charge is -2.20. The molecule has 1 unspecified atom stereocenters. The topological polar surface area (TPSA) is 68.7 Å². The zero-order chi connectivity index (χ0) is 16.2. The van der Waals surface area contributed by atoms with Gasteiger partial charge in [-0.25, -0.2) is 0 Å². The summed E-state index contributed by atoms with van der Waals surface area (Å²) in [6.45, 7) is 3.98. The number of nitriles is 1. The van der Waals surface area contributed by atoms with Crippen molar-refractivity contribution in [3.8, 4) is 6.07 Å². The standard InChI is InChI=1S/C19H15N3O/c1-11-3-5-13-15(9-21-16(13)7-11)19(10-20)18(23)14-6-4-12(2)8-17(14)22-19/h3-9,21-22H,1-2H3. The van der Waals surface area contributed by atoms with E-state index in [0.717, 1.165) is 27.7 Å². The van der Waals surface area contributed by atoms with Crippen LogP contribution in [0.2, 0.25) is 0 Å². The molecule has 2 N–H and O–H groups in total. The molecule has 0 aliphatic carbocycles. The first-order valence-corrected chi connectivity index (χ1v) is 7.48. The van der Waals surface area contributed by atoms with E-state index in [1.807, 2.05) is 44.2 Å². The van der Waals surface area contributed by atoms with E-state index in [2.05, 4.69) is 16.4 Å². The van der Waals surface area contributed by atoms with Gasteiger partial charge in [0, 0.05) is 33.9 Å². The highest BCUT2D eigenvalue weighted by atomic mass is 16.1. The van der Waals surface area contributed by atoms with Crippen LogP contribution in [0.3, 0.4) is 0 Å². The summed E-state index contributed by atoms with van der Waals surface area (Å²) >= 11 is 0. The van der Waals surface area contributed by atoms with Gasteiger partial charge in [-0.3, -0.25) is 4.79 Å². The van der Waals surface area contributed by atoms with Crippen LogP contribution in [0.1, 0.15) is 27.0 Å². The molecule has 0 spiro atoms. The third-order valence-corrected chi connectivity index (χ3v) is 4.49. The molecule has 23 heavy (non-hydrogen) atoms. The maximum Gasteiger partial charge on any atom is 0.216 e. The van der Waals surface area contributed by atoms with Crippen LogP contribution in [-0.2, 0) is 5.54 Å². The van der Waals surface area contributed by atoms with Gasteiger partial charge in [0.25, 0.3) is 0 Å². The zero-order valence-corrected chi connectivity index (χ0v) is 12.9. The van der Waals surface area contributed by atoms with Gasteiger partial charge in [0.1, 0.15) is 6.07 Å². The number of aryl methyl sites for hydroxylation is 2. The van der Waals surface area contributed by atoms with Crippen LogP contribution in [0.15, 0.2) is 42.6 Å². The summed E-state index contributed by atoms with van der Waals surface area (Å²) < 4.78 is 0. The average Bonchev–Trinajstić information content (AvgIpc) is 3.06. The van der Waals surface area contributed by atoms with E-state index in [-0.39, 0.29) is 5.78 Å². The highest BCUT2D eigenvalue weighted by Gasteiger charge is 2.48. The van der Waals surface area contributed by atoms with Gasteiger partial charge in [0.15, 0.2) is 0 Å². The van der Waals surface area contributed by atoms with Crippen LogP contribution in [0, 0.1) is 25.2 Å². The highest BCUT2D eigenvalue weighted by Crippen LogP contribution is 2.41. The first-order valence-electron chi connectivity index (χ1n) is 7.48. The zero-order valence-electron chi connectivity index (χ0n) is 12.9. The maximum atomic E-state index is 13.0. The van der Waals surface area contributed by atoms with Gasteiger partial charge in [-0.15, -0.1) is 0 Å². The van der Waals surface area contributed by atoms with Crippen LogP contribution in [0.25, 0.3) is 10.9 Å². The van der Waals surface area contributed by atoms with Crippen LogP contribution >= 0.6 is 0 Å². The van der Waals surface area contributed by atoms with E-state index in [9.17, 15) is 10.1 Å². The molecular weight excluding hydrogens is 286 g/mol. The number of fused-ring (bicyclic) bond motifs is 2. The van der Waals surface area contributed by atoms with Gasteiger partial charge >= 0.3 is 0 Å². The number of hydrogen-bond donors (Lipinski definition) is 2. The summed E-state index contributed by atoms with van der Waals surface area (Å²) in [6, 6.07) is 13.8. The molecule has 2 aromatic carbocycles. The molecule has 1 aliphatic heterocycles. The summed E-state index contributed by atoms with van der Waals surface area (Å²) in [6.07, 6.45) is 1.76. The number of H-pyrrole nitrogens is 1. The lowest BCUT2D eigenvalue weighted by Crippen LogP contribution is -2.36. The largest absolute Gasteiger partial charge is 0.361 e. The molecule has 3 aromatic rings. The van der Waals surface area contributed by atoms with Crippen molar-refractivity contribution >= 4 is 22.4 Å². The summed E-state index contributed by atoms with van der Waals surface area (Å²) in [5.41, 5.74) is 3.69. The summed E-state index contributed by atoms with van der Waals surface area (Å²) in [5.74, 6) is -0.198. The Hall–Kier alpha value is -3.06. The van der Waals surface area contributed by atoms with E-state index in [1.54, 1.807) is 12.3 Å². The molecule has 4 nitrogen and oxygen atoms in total. The molecule has 1 aromatic heterocycles. The number of Topliss-reactive ketones (excluding diaryl/α,β-unsaturated/α-hetero) is 1.